The van der Waals surface area contributed by atoms with Crippen molar-refractivity contribution in [2.75, 3.05) is 5.75 Å². The molecule has 0 radical (unpaired) electrons. The van der Waals surface area contributed by atoms with Crippen LogP contribution in [-0.4, -0.2) is 79.1 Å². The van der Waals surface area contributed by atoms with Crippen molar-refractivity contribution in [1.82, 2.24) is 20.9 Å². The van der Waals surface area contributed by atoms with Gasteiger partial charge < -0.3 is 35.9 Å². The van der Waals surface area contributed by atoms with Crippen molar-refractivity contribution in [2.24, 2.45) is 11.8 Å². The zero-order valence-corrected chi connectivity index (χ0v) is 28.5. The highest BCUT2D eigenvalue weighted by Gasteiger charge is 2.68. The van der Waals surface area contributed by atoms with Crippen LogP contribution in [0.2, 0.25) is 0 Å². The predicted octanol–water partition coefficient (Wildman–Crippen LogP) is 2.18. The molecular formula is C33H43N4O7S2+. The molecule has 1 aromatic rings. The number of ether oxygens (including phenoxy) is 1. The molecule has 46 heavy (non-hydrogen) atoms. The number of nitrogens with one attached hydrogen (secondary N) is 4. The van der Waals surface area contributed by atoms with E-state index < -0.39 is 17.7 Å². The van der Waals surface area contributed by atoms with Crippen molar-refractivity contribution in [2.45, 2.75) is 101 Å². The van der Waals surface area contributed by atoms with Gasteiger partial charge in [0.1, 0.15) is 6.10 Å². The Morgan fingerprint density at radius 1 is 1.13 bits per heavy atom. The molecule has 0 bridgehead atoms. The molecule has 5 aliphatic rings. The molecule has 1 aromatic heterocycles. The summed E-state index contributed by atoms with van der Waals surface area (Å²) in [5, 5.41) is 29.2. The van der Waals surface area contributed by atoms with Gasteiger partial charge in [-0.15, -0.1) is 0 Å². The smallest absolute Gasteiger partial charge is 0.303 e. The van der Waals surface area contributed by atoms with Crippen LogP contribution < -0.4 is 16.0 Å². The second kappa shape index (κ2) is 12.1. The van der Waals surface area contributed by atoms with Crippen molar-refractivity contribution in [1.29, 1.82) is 0 Å². The van der Waals surface area contributed by atoms with E-state index in [4.69, 9.17) is 4.74 Å². The standard InChI is InChI=1S/C33H42N4O7S2/c1-13-18(6-8-25(38)39)22(34-20(13)10-21-14(2)28(24-12-46-24)32(43)35-21)11-23-19(7-9-26(40)41)16(4)33(37-23)30(44-33)29-27(17(5)45)15(3)31(42)36-29/h11,15,17,21,24,27,29-30,34,37,45H,6-10,12H2,1-5H3,(H,35,43)(H,36,42)(H,38,39)(H,40,41)/p+1/b23-11-/t15-,17+,21-,24-,27+,29?,30+,33-/m1/s1. The number of aliphatic carboxylic acids is 2. The summed E-state index contributed by atoms with van der Waals surface area (Å²) in [5.41, 5.74) is 6.95. The fraction of sp³-hybridized carbons (Fsp3) is 0.576. The molecule has 11 nitrogen and oxygen atoms in total. The maximum absolute atomic E-state index is 12.7. The second-order valence-corrected chi connectivity index (χ2v) is 15.5. The SMILES string of the molecule is CC1=C([C@H]2C[SH+]2)C(=O)N[C@@H]1Cc1[nH]c(/C=C2\N[C@@]3(O[C@H]3C3NC(=O)[C@H](C)[C@H]3[C@H](C)S)C(C)=C2CCC(=O)O)c(CCC(=O)O)c1C. The van der Waals surface area contributed by atoms with Gasteiger partial charge in [-0.05, 0) is 79.3 Å². The molecule has 3 saturated heterocycles. The maximum atomic E-state index is 12.7. The molecule has 1 unspecified atom stereocenters. The van der Waals surface area contributed by atoms with E-state index in [1.54, 1.807) is 0 Å². The lowest BCUT2D eigenvalue weighted by Crippen LogP contribution is -2.43. The fourth-order valence-electron chi connectivity index (χ4n) is 7.75. The minimum atomic E-state index is -0.915. The molecule has 0 aromatic carbocycles. The van der Waals surface area contributed by atoms with Crippen LogP contribution in [-0.2, 0) is 48.5 Å². The van der Waals surface area contributed by atoms with E-state index in [-0.39, 0.29) is 66.4 Å². The zero-order valence-electron chi connectivity index (χ0n) is 26.7. The first-order valence-electron chi connectivity index (χ1n) is 15.9. The number of amides is 2. The molecule has 3 fully saturated rings. The fourth-order valence-corrected chi connectivity index (χ4v) is 8.99. The Morgan fingerprint density at radius 2 is 1.80 bits per heavy atom. The number of epoxide rings is 1. The lowest BCUT2D eigenvalue weighted by Gasteiger charge is -2.24. The number of carbonyl (C=O) groups is 4. The van der Waals surface area contributed by atoms with Gasteiger partial charge in [-0.3, -0.25) is 19.2 Å². The summed E-state index contributed by atoms with van der Waals surface area (Å²) in [4.78, 5) is 52.2. The third kappa shape index (κ3) is 5.79. The number of aromatic nitrogens is 1. The first-order valence-corrected chi connectivity index (χ1v) is 17.6. The Bertz CT molecular complexity index is 1610. The Balaban J connectivity index is 1.34. The van der Waals surface area contributed by atoms with Crippen LogP contribution in [0.25, 0.3) is 6.08 Å². The Labute approximate surface area is 277 Å². The van der Waals surface area contributed by atoms with Crippen LogP contribution in [0.4, 0.5) is 0 Å². The van der Waals surface area contributed by atoms with Gasteiger partial charge in [0.15, 0.2) is 16.7 Å². The zero-order chi connectivity index (χ0) is 33.2. The van der Waals surface area contributed by atoms with Gasteiger partial charge >= 0.3 is 11.9 Å². The molecular weight excluding hydrogens is 629 g/mol. The van der Waals surface area contributed by atoms with Crippen molar-refractivity contribution in [3.63, 3.8) is 0 Å². The molecule has 6 N–H and O–H groups in total. The molecule has 0 aliphatic carbocycles. The Hall–Kier alpha value is -3.16. The second-order valence-electron chi connectivity index (χ2n) is 13.3. The summed E-state index contributed by atoms with van der Waals surface area (Å²) < 4.78 is 6.39. The van der Waals surface area contributed by atoms with E-state index in [0.717, 1.165) is 50.6 Å². The van der Waals surface area contributed by atoms with Gasteiger partial charge in [0.05, 0.1) is 17.7 Å². The normalized spacial score (nSPS) is 33.1. The predicted molar refractivity (Wildman–Crippen MR) is 179 cm³/mol. The summed E-state index contributed by atoms with van der Waals surface area (Å²) in [6.07, 6.45) is 2.57. The van der Waals surface area contributed by atoms with E-state index >= 15 is 0 Å². The van der Waals surface area contributed by atoms with Crippen molar-refractivity contribution in [3.05, 3.63) is 50.5 Å². The lowest BCUT2D eigenvalue weighted by atomic mass is 9.85. The largest absolute Gasteiger partial charge is 0.481 e. The quantitative estimate of drug-likeness (QED) is 0.101. The number of thiol groups is 2. The number of carboxylic acids is 2. The summed E-state index contributed by atoms with van der Waals surface area (Å²) in [5.74, 6) is -1.10. The first-order chi connectivity index (χ1) is 21.7. The molecule has 6 heterocycles. The number of allylic oxidation sites excluding steroid dienone is 1. The monoisotopic (exact) mass is 671 g/mol. The average Bonchev–Trinajstić information content (AvgIpc) is 3.84. The van der Waals surface area contributed by atoms with Gasteiger partial charge in [0.25, 0.3) is 5.91 Å². The summed E-state index contributed by atoms with van der Waals surface area (Å²) in [7, 11) is 0. The Morgan fingerprint density at radius 3 is 2.43 bits per heavy atom. The summed E-state index contributed by atoms with van der Waals surface area (Å²) >= 11 is 5.97. The van der Waals surface area contributed by atoms with Gasteiger partial charge in [0.2, 0.25) is 5.91 Å². The maximum Gasteiger partial charge on any atom is 0.303 e. The topological polar surface area (TPSA) is 173 Å². The average molecular weight is 672 g/mol. The summed E-state index contributed by atoms with van der Waals surface area (Å²) in [6.45, 7) is 9.81. The molecule has 1 spiro atoms. The summed E-state index contributed by atoms with van der Waals surface area (Å²) in [6, 6.07) is -0.405. The molecule has 248 valence electrons. The number of rotatable bonds is 12. The van der Waals surface area contributed by atoms with E-state index in [1.165, 1.54) is 11.8 Å². The van der Waals surface area contributed by atoms with Gasteiger partial charge in [-0.2, -0.15) is 12.6 Å². The van der Waals surface area contributed by atoms with Crippen LogP contribution >= 0.6 is 12.6 Å². The van der Waals surface area contributed by atoms with E-state index in [9.17, 15) is 29.4 Å². The van der Waals surface area contributed by atoms with E-state index in [0.29, 0.717) is 23.8 Å². The number of carboxylic acid groups (broad SMARTS) is 2. The first kappa shape index (κ1) is 32.8. The minimum absolute atomic E-state index is 0.000623. The number of carbonyl (C=O) groups excluding carboxylic acids is 2. The number of H-pyrrole nitrogens is 1. The molecule has 8 atom stereocenters. The molecule has 6 rings (SSSR count). The van der Waals surface area contributed by atoms with Crippen molar-refractivity contribution >= 4 is 54.2 Å². The third-order valence-electron chi connectivity index (χ3n) is 10.5. The number of hydrogen-bond acceptors (Lipinski definition) is 7. The molecule has 13 heteroatoms. The van der Waals surface area contributed by atoms with Crippen LogP contribution in [0, 0.1) is 18.8 Å². The highest BCUT2D eigenvalue weighted by atomic mass is 32.2. The minimum Gasteiger partial charge on any atom is -0.481 e. The molecule has 0 saturated carbocycles. The highest BCUT2D eigenvalue weighted by molar-refractivity contribution is 7.87. The lowest BCUT2D eigenvalue weighted by molar-refractivity contribution is -0.138. The number of hydrogen-bond donors (Lipinski definition) is 7. The van der Waals surface area contributed by atoms with Crippen LogP contribution in [0.15, 0.2) is 28.0 Å². The van der Waals surface area contributed by atoms with E-state index in [1.807, 2.05) is 40.7 Å². The van der Waals surface area contributed by atoms with Gasteiger partial charge in [-0.25, -0.2) is 0 Å². The molecule has 5 aliphatic heterocycles. The highest BCUT2D eigenvalue weighted by Crippen LogP contribution is 2.53. The van der Waals surface area contributed by atoms with Crippen molar-refractivity contribution < 1.29 is 34.1 Å². The van der Waals surface area contributed by atoms with Crippen LogP contribution in [0.5, 0.6) is 0 Å². The third-order valence-corrected chi connectivity index (χ3v) is 11.8. The van der Waals surface area contributed by atoms with E-state index in [2.05, 4.69) is 33.6 Å². The number of aromatic amines is 1. The van der Waals surface area contributed by atoms with Crippen molar-refractivity contribution in [3.8, 4) is 0 Å². The Kier molecular flexibility index (Phi) is 8.64. The van der Waals surface area contributed by atoms with Gasteiger partial charge in [-0.1, -0.05) is 13.8 Å². The van der Waals surface area contributed by atoms with Gasteiger partial charge in [0, 0.05) is 53.4 Å². The molecule has 2 amide bonds. The van der Waals surface area contributed by atoms with Crippen LogP contribution in [0.3, 0.4) is 0 Å². The van der Waals surface area contributed by atoms with Crippen LogP contribution in [0.1, 0.15) is 69.5 Å².